The summed E-state index contributed by atoms with van der Waals surface area (Å²) < 4.78 is 0. The first kappa shape index (κ1) is 21.7. The molecule has 2 heteroatoms. The first-order valence-corrected chi connectivity index (χ1v) is 11.3. The van der Waals surface area contributed by atoms with Gasteiger partial charge in [0.25, 0.3) is 0 Å². The summed E-state index contributed by atoms with van der Waals surface area (Å²) in [5.74, 6) is 0.225. The van der Waals surface area contributed by atoms with Crippen LogP contribution in [0.25, 0.3) is 0 Å². The van der Waals surface area contributed by atoms with Crippen LogP contribution in [-0.4, -0.2) is 5.91 Å². The van der Waals surface area contributed by atoms with Gasteiger partial charge in [0.15, 0.2) is 0 Å². The summed E-state index contributed by atoms with van der Waals surface area (Å²) in [4.78, 5) is 12.2. The van der Waals surface area contributed by atoms with Crippen LogP contribution in [0.1, 0.15) is 108 Å². The van der Waals surface area contributed by atoms with Gasteiger partial charge in [-0.2, -0.15) is 0 Å². The van der Waals surface area contributed by atoms with Gasteiger partial charge in [-0.1, -0.05) is 81.9 Å². The smallest absolute Gasteiger partial charge is 0.220 e. The predicted octanol–water partition coefficient (Wildman–Crippen LogP) is 7.05. The van der Waals surface area contributed by atoms with Crippen LogP contribution >= 0.6 is 0 Å². The largest absolute Gasteiger partial charge is 0.349 e. The quantitative estimate of drug-likeness (QED) is 0.276. The van der Waals surface area contributed by atoms with Gasteiger partial charge in [0.2, 0.25) is 5.91 Å². The number of hydrogen-bond donors (Lipinski definition) is 1. The first-order chi connectivity index (χ1) is 13.3. The van der Waals surface area contributed by atoms with Gasteiger partial charge >= 0.3 is 0 Å². The van der Waals surface area contributed by atoms with Crippen LogP contribution in [0.4, 0.5) is 0 Å². The van der Waals surface area contributed by atoms with Crippen molar-refractivity contribution >= 4 is 5.91 Å². The lowest BCUT2D eigenvalue weighted by Gasteiger charge is -2.14. The summed E-state index contributed by atoms with van der Waals surface area (Å²) in [7, 11) is 0. The zero-order valence-corrected chi connectivity index (χ0v) is 17.3. The Morgan fingerprint density at radius 2 is 1.63 bits per heavy atom. The number of amides is 1. The predicted molar refractivity (Wildman–Crippen MR) is 116 cm³/mol. The molecule has 0 aromatic heterocycles. The maximum Gasteiger partial charge on any atom is 0.220 e. The number of rotatable bonds is 14. The van der Waals surface area contributed by atoms with Crippen molar-refractivity contribution in [3.05, 3.63) is 47.5 Å². The van der Waals surface area contributed by atoms with E-state index in [9.17, 15) is 4.79 Å². The number of benzene rings is 1. The number of carbonyl (C=O) groups excluding carboxylic acids is 1. The molecule has 0 aliphatic heterocycles. The summed E-state index contributed by atoms with van der Waals surface area (Å²) in [5.41, 5.74) is 2.72. The van der Waals surface area contributed by atoms with Gasteiger partial charge in [0.1, 0.15) is 0 Å². The molecule has 1 unspecified atom stereocenters. The zero-order valence-electron chi connectivity index (χ0n) is 17.3. The molecule has 27 heavy (non-hydrogen) atoms. The van der Waals surface area contributed by atoms with E-state index in [0.717, 1.165) is 19.3 Å². The molecule has 0 fully saturated rings. The number of nitrogens with one attached hydrogen (secondary N) is 1. The number of hydrogen-bond acceptors (Lipinski definition) is 1. The molecule has 2 rings (SSSR count). The van der Waals surface area contributed by atoms with Crippen molar-refractivity contribution in [3.8, 4) is 0 Å². The average Bonchev–Trinajstić information content (AvgIpc) is 3.08. The molecule has 1 aromatic carbocycles. The first-order valence-electron chi connectivity index (χ1n) is 11.3. The zero-order chi connectivity index (χ0) is 19.2. The highest BCUT2D eigenvalue weighted by Gasteiger charge is 2.22. The summed E-state index contributed by atoms with van der Waals surface area (Å²) in [6, 6.07) is 8.75. The monoisotopic (exact) mass is 369 g/mol. The molecule has 1 aliphatic rings. The highest BCUT2D eigenvalue weighted by Crippen LogP contribution is 2.30. The van der Waals surface area contributed by atoms with Gasteiger partial charge in [-0.05, 0) is 56.1 Å². The molecule has 0 bridgehead atoms. The number of carbonyl (C=O) groups is 1. The van der Waals surface area contributed by atoms with E-state index in [0.29, 0.717) is 6.42 Å². The molecular formula is C25H39NO. The fourth-order valence-electron chi connectivity index (χ4n) is 3.98. The summed E-state index contributed by atoms with van der Waals surface area (Å²) in [5, 5.41) is 3.23. The second kappa shape index (κ2) is 13.6. The Morgan fingerprint density at radius 1 is 0.963 bits per heavy atom. The lowest BCUT2D eigenvalue weighted by atomic mass is 10.1. The van der Waals surface area contributed by atoms with E-state index in [1.165, 1.54) is 75.3 Å². The minimum absolute atomic E-state index is 0.225. The molecule has 1 N–H and O–H groups in total. The minimum Gasteiger partial charge on any atom is -0.349 e. The van der Waals surface area contributed by atoms with Crippen LogP contribution in [0.2, 0.25) is 0 Å². The SMILES string of the molecule is CCCCCCC=CCCCCCCCC(=O)NC1CCc2ccccc21. The Hall–Kier alpha value is -1.57. The van der Waals surface area contributed by atoms with E-state index in [4.69, 9.17) is 0 Å². The molecule has 1 atom stereocenters. The number of fused-ring (bicyclic) bond motifs is 1. The summed E-state index contributed by atoms with van der Waals surface area (Å²) >= 11 is 0. The third-order valence-corrected chi connectivity index (χ3v) is 5.63. The second-order valence-electron chi connectivity index (χ2n) is 7.98. The molecule has 150 valence electrons. The third kappa shape index (κ3) is 8.77. The molecule has 1 amide bonds. The fraction of sp³-hybridized carbons (Fsp3) is 0.640. The van der Waals surface area contributed by atoms with Crippen LogP contribution in [-0.2, 0) is 11.2 Å². The van der Waals surface area contributed by atoms with Crippen molar-refractivity contribution in [2.75, 3.05) is 0 Å². The molecule has 0 saturated carbocycles. The van der Waals surface area contributed by atoms with Gasteiger partial charge in [-0.3, -0.25) is 4.79 Å². The van der Waals surface area contributed by atoms with E-state index in [2.05, 4.69) is 48.7 Å². The Balaban J connectivity index is 1.42. The Labute approximate surface area is 166 Å². The fourth-order valence-corrected chi connectivity index (χ4v) is 3.98. The Kier molecular flexibility index (Phi) is 10.9. The van der Waals surface area contributed by atoms with Gasteiger partial charge in [0.05, 0.1) is 6.04 Å². The molecule has 0 radical (unpaired) electrons. The molecule has 1 aliphatic carbocycles. The topological polar surface area (TPSA) is 29.1 Å². The van der Waals surface area contributed by atoms with E-state index in [-0.39, 0.29) is 11.9 Å². The van der Waals surface area contributed by atoms with Gasteiger partial charge in [-0.25, -0.2) is 0 Å². The minimum atomic E-state index is 0.225. The van der Waals surface area contributed by atoms with Crippen LogP contribution in [0, 0.1) is 0 Å². The van der Waals surface area contributed by atoms with E-state index in [1.807, 2.05) is 0 Å². The van der Waals surface area contributed by atoms with E-state index < -0.39 is 0 Å². The van der Waals surface area contributed by atoms with Crippen LogP contribution in [0.3, 0.4) is 0 Å². The highest BCUT2D eigenvalue weighted by atomic mass is 16.1. The Bertz CT molecular complexity index is 563. The molecule has 0 spiro atoms. The lowest BCUT2D eigenvalue weighted by molar-refractivity contribution is -0.121. The van der Waals surface area contributed by atoms with Crippen molar-refractivity contribution in [3.63, 3.8) is 0 Å². The highest BCUT2D eigenvalue weighted by molar-refractivity contribution is 5.76. The molecule has 1 aromatic rings. The number of aryl methyl sites for hydroxylation is 1. The second-order valence-corrected chi connectivity index (χ2v) is 7.98. The van der Waals surface area contributed by atoms with Crippen LogP contribution < -0.4 is 5.32 Å². The Morgan fingerprint density at radius 3 is 2.41 bits per heavy atom. The molecular weight excluding hydrogens is 330 g/mol. The summed E-state index contributed by atoms with van der Waals surface area (Å²) in [6.45, 7) is 2.26. The standard InChI is InChI=1S/C25H39NO/c1-2-3-4-5-6-7-8-9-10-11-12-13-14-19-25(27)26-24-21-20-22-17-15-16-18-23(22)24/h7-8,15-18,24H,2-6,9-14,19-21H2,1H3,(H,26,27). The maximum atomic E-state index is 12.2. The van der Waals surface area contributed by atoms with Gasteiger partial charge in [0, 0.05) is 6.42 Å². The van der Waals surface area contributed by atoms with Crippen molar-refractivity contribution in [1.29, 1.82) is 0 Å². The summed E-state index contributed by atoms with van der Waals surface area (Å²) in [6.07, 6.45) is 21.5. The van der Waals surface area contributed by atoms with E-state index in [1.54, 1.807) is 0 Å². The molecule has 0 saturated heterocycles. The normalized spacial score (nSPS) is 16.0. The van der Waals surface area contributed by atoms with Crippen molar-refractivity contribution in [2.24, 2.45) is 0 Å². The number of allylic oxidation sites excluding steroid dienone is 2. The number of unbranched alkanes of at least 4 members (excludes halogenated alkanes) is 9. The molecule has 2 nitrogen and oxygen atoms in total. The van der Waals surface area contributed by atoms with Gasteiger partial charge in [-0.15, -0.1) is 0 Å². The van der Waals surface area contributed by atoms with Crippen molar-refractivity contribution in [1.82, 2.24) is 5.32 Å². The van der Waals surface area contributed by atoms with Crippen LogP contribution in [0.5, 0.6) is 0 Å². The van der Waals surface area contributed by atoms with E-state index >= 15 is 0 Å². The lowest BCUT2D eigenvalue weighted by Crippen LogP contribution is -2.26. The maximum absolute atomic E-state index is 12.2. The van der Waals surface area contributed by atoms with Gasteiger partial charge < -0.3 is 5.32 Å². The van der Waals surface area contributed by atoms with Crippen LogP contribution in [0.15, 0.2) is 36.4 Å². The average molecular weight is 370 g/mol. The van der Waals surface area contributed by atoms with Crippen molar-refractivity contribution in [2.45, 2.75) is 103 Å². The van der Waals surface area contributed by atoms with Crippen molar-refractivity contribution < 1.29 is 4.79 Å². The third-order valence-electron chi connectivity index (χ3n) is 5.63. The molecule has 0 heterocycles.